The quantitative estimate of drug-likeness (QED) is 0.901. The number of H-pyrrole nitrogens is 1. The lowest BCUT2D eigenvalue weighted by atomic mass is 10.1. The maximum absolute atomic E-state index is 11.1. The Kier molecular flexibility index (Phi) is 3.68. The number of hydrogen-bond donors (Lipinski definition) is 2. The molecule has 0 unspecified atom stereocenters. The Morgan fingerprint density at radius 1 is 1.32 bits per heavy atom. The summed E-state index contributed by atoms with van der Waals surface area (Å²) in [6.07, 6.45) is -0.161. The average molecular weight is 301 g/mol. The molecule has 0 amide bonds. The maximum Gasteiger partial charge on any atom is 0.303 e. The summed E-state index contributed by atoms with van der Waals surface area (Å²) in [6.45, 7) is 0. The predicted octanol–water partition coefficient (Wildman–Crippen LogP) is 1.86. The first kappa shape index (κ1) is 13.7. The van der Waals surface area contributed by atoms with E-state index in [1.165, 1.54) is 12.1 Å². The minimum absolute atomic E-state index is 0.0417. The maximum atomic E-state index is 11.1. The number of halogens is 2. The van der Waals surface area contributed by atoms with Crippen molar-refractivity contribution in [2.45, 2.75) is 12.8 Å². The minimum atomic E-state index is -1.41. The van der Waals surface area contributed by atoms with Crippen molar-refractivity contribution in [3.8, 4) is 0 Å². The van der Waals surface area contributed by atoms with Gasteiger partial charge in [0.1, 0.15) is 0 Å². The number of fused-ring (bicyclic) bond motifs is 1. The molecule has 19 heavy (non-hydrogen) atoms. The third kappa shape index (κ3) is 2.67. The van der Waals surface area contributed by atoms with Crippen molar-refractivity contribution < 1.29 is 19.8 Å². The number of carbonyl (C=O) groups excluding carboxylic acids is 1. The van der Waals surface area contributed by atoms with E-state index in [1.807, 2.05) is 0 Å². The predicted molar refractivity (Wildman–Crippen MR) is 68.6 cm³/mol. The van der Waals surface area contributed by atoms with Crippen LogP contribution >= 0.6 is 23.2 Å². The second-order valence-electron chi connectivity index (χ2n) is 3.97. The van der Waals surface area contributed by atoms with Gasteiger partial charge >= 0.3 is 5.97 Å². The average Bonchev–Trinajstić information content (AvgIpc) is 2.64. The van der Waals surface area contributed by atoms with Gasteiger partial charge in [-0.15, -0.1) is 0 Å². The zero-order valence-electron chi connectivity index (χ0n) is 9.50. The van der Waals surface area contributed by atoms with Gasteiger partial charge in [0.2, 0.25) is 0 Å². The monoisotopic (exact) mass is 300 g/mol. The molecule has 0 fully saturated rings. The molecule has 7 heteroatoms. The molecule has 0 atom stereocenters. The number of aliphatic carboxylic acids is 1. The lowest BCUT2D eigenvalue weighted by Crippen LogP contribution is -2.24. The van der Waals surface area contributed by atoms with Crippen LogP contribution in [-0.4, -0.2) is 22.0 Å². The van der Waals surface area contributed by atoms with E-state index < -0.39 is 11.9 Å². The molecule has 0 bridgehead atoms. The minimum Gasteiger partial charge on any atom is -0.543 e. The molecule has 0 saturated heterocycles. The number of aromatic carboxylic acids is 1. The molecule has 100 valence electrons. The summed E-state index contributed by atoms with van der Waals surface area (Å²) in [7, 11) is 0. The normalized spacial score (nSPS) is 10.8. The van der Waals surface area contributed by atoms with Gasteiger partial charge in [-0.25, -0.2) is 0 Å². The summed E-state index contributed by atoms with van der Waals surface area (Å²) in [6, 6.07) is 3.00. The van der Waals surface area contributed by atoms with Gasteiger partial charge in [-0.2, -0.15) is 0 Å². The molecule has 0 radical (unpaired) electrons. The Hall–Kier alpha value is -1.72. The number of rotatable bonds is 4. The fourth-order valence-corrected chi connectivity index (χ4v) is 2.58. The summed E-state index contributed by atoms with van der Waals surface area (Å²) in [4.78, 5) is 24.3. The molecule has 2 N–H and O–H groups in total. The number of benzene rings is 1. The molecule has 2 rings (SSSR count). The first-order chi connectivity index (χ1) is 8.90. The summed E-state index contributed by atoms with van der Waals surface area (Å²) in [5.41, 5.74) is 0.594. The SMILES string of the molecule is O=C(O)CCc1c(C(=O)[O-])[nH]c2cc(Cl)cc(Cl)c12. The highest BCUT2D eigenvalue weighted by Crippen LogP contribution is 2.33. The Balaban J connectivity index is 2.65. The van der Waals surface area contributed by atoms with Crippen LogP contribution in [0.3, 0.4) is 0 Å². The molecular formula is C12H8Cl2NO4-. The molecule has 2 aromatic rings. The Labute approximate surface area is 117 Å². The zero-order chi connectivity index (χ0) is 14.2. The van der Waals surface area contributed by atoms with Crippen molar-refractivity contribution in [2.75, 3.05) is 0 Å². The number of nitrogens with one attached hydrogen (secondary N) is 1. The molecule has 0 saturated carbocycles. The molecule has 5 nitrogen and oxygen atoms in total. The van der Waals surface area contributed by atoms with Crippen molar-refractivity contribution in [3.63, 3.8) is 0 Å². The van der Waals surface area contributed by atoms with E-state index in [0.29, 0.717) is 21.5 Å². The van der Waals surface area contributed by atoms with Gasteiger partial charge in [-0.05, 0) is 24.1 Å². The van der Waals surface area contributed by atoms with E-state index in [0.717, 1.165) is 0 Å². The first-order valence-electron chi connectivity index (χ1n) is 5.33. The smallest absolute Gasteiger partial charge is 0.303 e. The van der Waals surface area contributed by atoms with Crippen LogP contribution in [0.5, 0.6) is 0 Å². The van der Waals surface area contributed by atoms with Gasteiger partial charge in [0.15, 0.2) is 0 Å². The number of carboxylic acid groups (broad SMARTS) is 2. The Morgan fingerprint density at radius 3 is 2.58 bits per heavy atom. The molecular weight excluding hydrogens is 293 g/mol. The number of carboxylic acids is 2. The van der Waals surface area contributed by atoms with Gasteiger partial charge in [-0.1, -0.05) is 23.2 Å². The third-order valence-corrected chi connectivity index (χ3v) is 3.23. The molecule has 0 aliphatic heterocycles. The van der Waals surface area contributed by atoms with Crippen LogP contribution in [0.2, 0.25) is 10.0 Å². The van der Waals surface area contributed by atoms with Crippen LogP contribution in [0, 0.1) is 0 Å². The van der Waals surface area contributed by atoms with Crippen LogP contribution in [0.1, 0.15) is 22.5 Å². The summed E-state index contributed by atoms with van der Waals surface area (Å²) in [5, 5.41) is 20.9. The highest BCUT2D eigenvalue weighted by Gasteiger charge is 2.16. The zero-order valence-corrected chi connectivity index (χ0v) is 11.0. The highest BCUT2D eigenvalue weighted by molar-refractivity contribution is 6.39. The molecule has 0 aliphatic carbocycles. The lowest BCUT2D eigenvalue weighted by molar-refractivity contribution is -0.255. The number of aromatic nitrogens is 1. The largest absolute Gasteiger partial charge is 0.543 e. The van der Waals surface area contributed by atoms with E-state index in [9.17, 15) is 14.7 Å². The van der Waals surface area contributed by atoms with E-state index in [4.69, 9.17) is 28.3 Å². The highest BCUT2D eigenvalue weighted by atomic mass is 35.5. The van der Waals surface area contributed by atoms with Crippen LogP contribution in [-0.2, 0) is 11.2 Å². The van der Waals surface area contributed by atoms with Crippen molar-refractivity contribution in [1.29, 1.82) is 0 Å². The van der Waals surface area contributed by atoms with E-state index in [2.05, 4.69) is 4.98 Å². The summed E-state index contributed by atoms with van der Waals surface area (Å²) in [5.74, 6) is -2.44. The topological polar surface area (TPSA) is 93.2 Å². The van der Waals surface area contributed by atoms with Crippen LogP contribution in [0.4, 0.5) is 0 Å². The van der Waals surface area contributed by atoms with Gasteiger partial charge in [0.05, 0.1) is 16.7 Å². The van der Waals surface area contributed by atoms with Crippen molar-refractivity contribution in [1.82, 2.24) is 4.98 Å². The van der Waals surface area contributed by atoms with Crippen molar-refractivity contribution >= 4 is 46.0 Å². The molecule has 1 aromatic carbocycles. The fraction of sp³-hybridized carbons (Fsp3) is 0.167. The molecule has 0 spiro atoms. The molecule has 1 aromatic heterocycles. The van der Waals surface area contributed by atoms with Crippen LogP contribution in [0.15, 0.2) is 12.1 Å². The molecule has 1 heterocycles. The Morgan fingerprint density at radius 2 is 2.00 bits per heavy atom. The van der Waals surface area contributed by atoms with Crippen molar-refractivity contribution in [2.24, 2.45) is 0 Å². The van der Waals surface area contributed by atoms with Crippen LogP contribution < -0.4 is 5.11 Å². The van der Waals surface area contributed by atoms with Gasteiger partial charge in [0, 0.05) is 22.3 Å². The Bertz CT molecular complexity index is 678. The number of aryl methyl sites for hydroxylation is 1. The van der Waals surface area contributed by atoms with Gasteiger partial charge in [0.25, 0.3) is 0 Å². The number of carbonyl (C=O) groups is 2. The standard InChI is InChI=1S/C12H9Cl2NO4/c13-5-3-7(14)10-6(1-2-9(16)17)11(12(18)19)15-8(10)4-5/h3-4,15H,1-2H2,(H,16,17)(H,18,19)/p-1. The van der Waals surface area contributed by atoms with Crippen LogP contribution in [0.25, 0.3) is 10.9 Å². The number of aromatic amines is 1. The lowest BCUT2D eigenvalue weighted by Gasteiger charge is -2.04. The fourth-order valence-electron chi connectivity index (χ4n) is 1.97. The first-order valence-corrected chi connectivity index (χ1v) is 6.08. The van der Waals surface area contributed by atoms with E-state index in [-0.39, 0.29) is 23.6 Å². The summed E-state index contributed by atoms with van der Waals surface area (Å²) >= 11 is 11.9. The van der Waals surface area contributed by atoms with E-state index in [1.54, 1.807) is 0 Å². The molecule has 0 aliphatic rings. The van der Waals surface area contributed by atoms with Gasteiger partial charge in [-0.3, -0.25) is 4.79 Å². The third-order valence-electron chi connectivity index (χ3n) is 2.71. The van der Waals surface area contributed by atoms with Crippen molar-refractivity contribution in [3.05, 3.63) is 33.4 Å². The second kappa shape index (κ2) is 5.11. The van der Waals surface area contributed by atoms with Gasteiger partial charge < -0.3 is 20.0 Å². The van der Waals surface area contributed by atoms with E-state index >= 15 is 0 Å². The summed E-state index contributed by atoms with van der Waals surface area (Å²) < 4.78 is 0. The second-order valence-corrected chi connectivity index (χ2v) is 4.81. The number of hydrogen-bond acceptors (Lipinski definition) is 3.